The molecule has 1 aliphatic rings. The number of imide groups is 1. The molecular formula is C28H34N6O7. The molecule has 13 heteroatoms. The summed E-state index contributed by atoms with van der Waals surface area (Å²) < 4.78 is 17.6. The van der Waals surface area contributed by atoms with Crippen molar-refractivity contribution >= 4 is 40.2 Å². The molecule has 2 heterocycles. The Morgan fingerprint density at radius 3 is 2.59 bits per heavy atom. The molecule has 1 saturated heterocycles. The first-order chi connectivity index (χ1) is 19.6. The first-order valence-corrected chi connectivity index (χ1v) is 13.4. The van der Waals surface area contributed by atoms with Crippen LogP contribution in [0.25, 0.3) is 10.9 Å². The summed E-state index contributed by atoms with van der Waals surface area (Å²) in [6.45, 7) is 7.15. The lowest BCUT2D eigenvalue weighted by Crippen LogP contribution is -2.45. The minimum absolute atomic E-state index is 0.132. The van der Waals surface area contributed by atoms with Gasteiger partial charge in [0.05, 0.1) is 12.0 Å². The first-order valence-electron chi connectivity index (χ1n) is 13.4. The highest BCUT2D eigenvalue weighted by Crippen LogP contribution is 2.21. The van der Waals surface area contributed by atoms with Gasteiger partial charge in [-0.1, -0.05) is 11.3 Å². The van der Waals surface area contributed by atoms with Gasteiger partial charge in [-0.25, -0.2) is 4.79 Å². The minimum atomic E-state index is -0.882. The largest absolute Gasteiger partial charge is 0.491 e. The molecule has 0 radical (unpaired) electrons. The second kappa shape index (κ2) is 13.2. The molecule has 3 N–H and O–H groups in total. The van der Waals surface area contributed by atoms with Crippen LogP contribution in [0.15, 0.2) is 47.3 Å². The zero-order valence-electron chi connectivity index (χ0n) is 23.3. The van der Waals surface area contributed by atoms with E-state index in [2.05, 4.69) is 26.3 Å². The summed E-state index contributed by atoms with van der Waals surface area (Å²) in [5.41, 5.74) is 0.567. The van der Waals surface area contributed by atoms with E-state index in [-0.39, 0.29) is 18.7 Å². The van der Waals surface area contributed by atoms with Crippen molar-refractivity contribution < 1.29 is 28.6 Å². The van der Waals surface area contributed by atoms with Crippen molar-refractivity contribution in [2.24, 2.45) is 0 Å². The van der Waals surface area contributed by atoms with Gasteiger partial charge in [-0.05, 0) is 70.0 Å². The van der Waals surface area contributed by atoms with E-state index in [1.807, 2.05) is 0 Å². The van der Waals surface area contributed by atoms with Crippen LogP contribution in [0.1, 0.15) is 46.1 Å². The number of piperidine rings is 1. The highest BCUT2D eigenvalue weighted by atomic mass is 16.6. The molecule has 4 rings (SSSR count). The lowest BCUT2D eigenvalue weighted by molar-refractivity contribution is -0.136. The SMILES string of the molecule is CC(C)(C)OC(=O)Nc1ccc(OCCOCCCNc2cccc3nnn(C4CCC(=O)NC4=O)c(=O)c23)cc1. The predicted octanol–water partition coefficient (Wildman–Crippen LogP) is 3.01. The normalized spacial score (nSPS) is 15.3. The zero-order valence-corrected chi connectivity index (χ0v) is 23.3. The molecule has 3 aromatic rings. The van der Waals surface area contributed by atoms with E-state index in [1.165, 1.54) is 0 Å². The number of amides is 3. The third kappa shape index (κ3) is 8.24. The molecule has 218 valence electrons. The molecule has 3 amide bonds. The highest BCUT2D eigenvalue weighted by Gasteiger charge is 2.30. The maximum absolute atomic E-state index is 13.2. The molecule has 2 aromatic carbocycles. The average molecular weight is 567 g/mol. The lowest BCUT2D eigenvalue weighted by Gasteiger charge is -2.21. The van der Waals surface area contributed by atoms with Crippen LogP contribution in [-0.2, 0) is 19.1 Å². The predicted molar refractivity (Wildman–Crippen MR) is 151 cm³/mol. The van der Waals surface area contributed by atoms with Gasteiger partial charge in [-0.2, -0.15) is 4.68 Å². The summed E-state index contributed by atoms with van der Waals surface area (Å²) in [6, 6.07) is 11.3. The molecule has 0 spiro atoms. The summed E-state index contributed by atoms with van der Waals surface area (Å²) in [4.78, 5) is 48.8. The summed E-state index contributed by atoms with van der Waals surface area (Å²) in [6.07, 6.45) is 0.472. The number of nitrogens with zero attached hydrogens (tertiary/aromatic N) is 3. The average Bonchev–Trinajstić information content (AvgIpc) is 2.91. The van der Waals surface area contributed by atoms with Gasteiger partial charge in [0.15, 0.2) is 0 Å². The fourth-order valence-electron chi connectivity index (χ4n) is 4.14. The van der Waals surface area contributed by atoms with Gasteiger partial charge in [0.2, 0.25) is 5.91 Å². The van der Waals surface area contributed by atoms with Crippen LogP contribution in [-0.4, -0.2) is 64.9 Å². The number of anilines is 2. The Labute approximate surface area is 236 Å². The van der Waals surface area contributed by atoms with Crippen LogP contribution in [0.4, 0.5) is 16.2 Å². The maximum atomic E-state index is 13.2. The van der Waals surface area contributed by atoms with E-state index in [4.69, 9.17) is 14.2 Å². The molecule has 41 heavy (non-hydrogen) atoms. The quantitative estimate of drug-likeness (QED) is 0.232. The Morgan fingerprint density at radius 1 is 1.07 bits per heavy atom. The van der Waals surface area contributed by atoms with Crippen LogP contribution in [0.3, 0.4) is 0 Å². The Kier molecular flexibility index (Phi) is 9.50. The molecule has 1 fully saturated rings. The molecule has 1 unspecified atom stereocenters. The summed E-state index contributed by atoms with van der Waals surface area (Å²) in [7, 11) is 0. The molecule has 0 saturated carbocycles. The van der Waals surface area contributed by atoms with Crippen molar-refractivity contribution in [3.8, 4) is 5.75 Å². The Morgan fingerprint density at radius 2 is 1.85 bits per heavy atom. The van der Waals surface area contributed by atoms with Gasteiger partial charge in [-0.15, -0.1) is 5.10 Å². The lowest BCUT2D eigenvalue weighted by atomic mass is 10.1. The van der Waals surface area contributed by atoms with E-state index in [9.17, 15) is 19.2 Å². The minimum Gasteiger partial charge on any atom is -0.491 e. The zero-order chi connectivity index (χ0) is 29.4. The van der Waals surface area contributed by atoms with Gasteiger partial charge in [0.1, 0.15) is 29.5 Å². The number of nitrogens with one attached hydrogen (secondary N) is 3. The van der Waals surface area contributed by atoms with Crippen LogP contribution in [0, 0.1) is 0 Å². The number of rotatable bonds is 11. The number of carbonyl (C=O) groups is 3. The maximum Gasteiger partial charge on any atom is 0.412 e. The Hall–Kier alpha value is -4.52. The number of carbonyl (C=O) groups excluding carboxylic acids is 3. The van der Waals surface area contributed by atoms with Crippen LogP contribution >= 0.6 is 0 Å². The third-order valence-electron chi connectivity index (χ3n) is 6.00. The number of aromatic nitrogens is 3. The fourth-order valence-corrected chi connectivity index (χ4v) is 4.14. The second-order valence-electron chi connectivity index (χ2n) is 10.4. The fraction of sp³-hybridized carbons (Fsp3) is 0.429. The van der Waals surface area contributed by atoms with Crippen LogP contribution in [0.2, 0.25) is 0 Å². The second-order valence-corrected chi connectivity index (χ2v) is 10.4. The van der Waals surface area contributed by atoms with Gasteiger partial charge >= 0.3 is 6.09 Å². The standard InChI is InChI=1S/C28H34N6O7/c1-28(2,3)41-27(38)30-18-8-10-19(11-9-18)40-17-16-39-15-5-14-29-20-6-4-7-21-24(20)26(37)34(33-32-21)22-12-13-23(35)31-25(22)36/h4,6-11,22,29H,5,12-17H2,1-3H3,(H,30,38)(H,31,35,36). The van der Waals surface area contributed by atoms with Crippen molar-refractivity contribution in [2.45, 2.75) is 51.7 Å². The topological polar surface area (TPSA) is 163 Å². The van der Waals surface area contributed by atoms with Gasteiger partial charge in [0.25, 0.3) is 11.5 Å². The van der Waals surface area contributed by atoms with Crippen molar-refractivity contribution in [3.05, 3.63) is 52.8 Å². The number of hydrogen-bond acceptors (Lipinski definition) is 10. The van der Waals surface area contributed by atoms with Gasteiger partial charge in [0, 0.05) is 30.9 Å². The Balaban J connectivity index is 1.19. The summed E-state index contributed by atoms with van der Waals surface area (Å²) in [5, 5.41) is 16.5. The van der Waals surface area contributed by atoms with Crippen molar-refractivity contribution in [1.82, 2.24) is 20.3 Å². The first kappa shape index (κ1) is 29.5. The van der Waals surface area contributed by atoms with Crippen LogP contribution < -0.4 is 26.2 Å². The number of ether oxygens (including phenoxy) is 3. The number of benzene rings is 2. The van der Waals surface area contributed by atoms with E-state index >= 15 is 0 Å². The number of hydrogen-bond donors (Lipinski definition) is 3. The molecule has 1 aromatic heterocycles. The third-order valence-corrected chi connectivity index (χ3v) is 6.00. The van der Waals surface area contributed by atoms with Crippen LogP contribution in [0.5, 0.6) is 5.75 Å². The monoisotopic (exact) mass is 566 g/mol. The molecule has 0 bridgehead atoms. The van der Waals surface area contributed by atoms with E-state index in [0.29, 0.717) is 60.8 Å². The number of fused-ring (bicyclic) bond motifs is 1. The van der Waals surface area contributed by atoms with Gasteiger partial charge in [-0.3, -0.25) is 25.0 Å². The smallest absolute Gasteiger partial charge is 0.412 e. The molecule has 1 atom stereocenters. The Bertz CT molecular complexity index is 1450. The molecule has 0 aliphatic carbocycles. The van der Waals surface area contributed by atoms with E-state index < -0.39 is 29.2 Å². The molecular weight excluding hydrogens is 532 g/mol. The summed E-state index contributed by atoms with van der Waals surface area (Å²) >= 11 is 0. The summed E-state index contributed by atoms with van der Waals surface area (Å²) in [5.74, 6) is -0.282. The van der Waals surface area contributed by atoms with Crippen molar-refractivity contribution in [1.29, 1.82) is 0 Å². The van der Waals surface area contributed by atoms with E-state index in [1.54, 1.807) is 63.2 Å². The van der Waals surface area contributed by atoms with Gasteiger partial charge < -0.3 is 19.5 Å². The van der Waals surface area contributed by atoms with Crippen molar-refractivity contribution in [3.63, 3.8) is 0 Å². The van der Waals surface area contributed by atoms with E-state index in [0.717, 1.165) is 4.68 Å². The van der Waals surface area contributed by atoms with Crippen molar-refractivity contribution in [2.75, 3.05) is 37.0 Å². The molecule has 13 nitrogen and oxygen atoms in total. The molecule has 1 aliphatic heterocycles. The highest BCUT2D eigenvalue weighted by molar-refractivity contribution is 5.99.